The van der Waals surface area contributed by atoms with Crippen LogP contribution in [0, 0.1) is 5.92 Å². The number of pyridine rings is 1. The molecule has 5 aromatic rings. The second-order valence-corrected chi connectivity index (χ2v) is 12.3. The molecule has 2 aliphatic heterocycles. The molecule has 0 radical (unpaired) electrons. The maximum atomic E-state index is 13.5. The van der Waals surface area contributed by atoms with Crippen molar-refractivity contribution in [2.75, 3.05) is 20.2 Å². The molecule has 2 aromatic carbocycles. The Morgan fingerprint density at radius 2 is 1.80 bits per heavy atom. The summed E-state index contributed by atoms with van der Waals surface area (Å²) < 4.78 is 4.76. The summed E-state index contributed by atoms with van der Waals surface area (Å²) in [7, 11) is 1.30. The lowest BCUT2D eigenvalue weighted by molar-refractivity contribution is -0.135. The largest absolute Gasteiger partial charge is 0.453 e. The van der Waals surface area contributed by atoms with Crippen molar-refractivity contribution in [1.29, 1.82) is 0 Å². The number of carbonyl (C=O) groups excluding carboxylic acids is 2. The number of methoxy groups -OCH3 is 1. The molecule has 2 saturated heterocycles. The molecule has 7 rings (SSSR count). The monoisotopic (exact) mass is 606 g/mol. The molecule has 232 valence electrons. The van der Waals surface area contributed by atoms with E-state index in [2.05, 4.69) is 55.9 Å². The van der Waals surface area contributed by atoms with Gasteiger partial charge in [0.05, 0.1) is 53.3 Å². The third-order valence-corrected chi connectivity index (χ3v) is 9.02. The number of amides is 2. The average molecular weight is 607 g/mol. The molecular formula is C34H38N8O3. The molecule has 45 heavy (non-hydrogen) atoms. The number of nitrogens with one attached hydrogen (secondary N) is 4. The maximum Gasteiger partial charge on any atom is 0.407 e. The van der Waals surface area contributed by atoms with Crippen molar-refractivity contribution in [2.24, 2.45) is 5.92 Å². The van der Waals surface area contributed by atoms with Crippen molar-refractivity contribution >= 4 is 33.9 Å². The minimum atomic E-state index is -0.671. The third-order valence-electron chi connectivity index (χ3n) is 9.02. The molecule has 0 saturated carbocycles. The van der Waals surface area contributed by atoms with Crippen molar-refractivity contribution in [3.63, 3.8) is 0 Å². The molecule has 0 unspecified atom stereocenters. The zero-order chi connectivity index (χ0) is 31.1. The Hall–Kier alpha value is -4.77. The van der Waals surface area contributed by atoms with Crippen LogP contribution in [0.1, 0.15) is 63.3 Å². The zero-order valence-electron chi connectivity index (χ0n) is 25.8. The van der Waals surface area contributed by atoms with Crippen LogP contribution in [0.2, 0.25) is 0 Å². The van der Waals surface area contributed by atoms with Crippen LogP contribution in [0.15, 0.2) is 54.7 Å². The molecule has 3 aromatic heterocycles. The Balaban J connectivity index is 1.11. The van der Waals surface area contributed by atoms with Gasteiger partial charge in [0, 0.05) is 23.1 Å². The number of imidazole rings is 2. The molecule has 2 amide bonds. The van der Waals surface area contributed by atoms with Gasteiger partial charge in [-0.15, -0.1) is 0 Å². The van der Waals surface area contributed by atoms with E-state index in [0.717, 1.165) is 81.9 Å². The van der Waals surface area contributed by atoms with Crippen LogP contribution < -0.4 is 10.6 Å². The Bertz CT molecular complexity index is 1870. The van der Waals surface area contributed by atoms with Crippen LogP contribution >= 0.6 is 0 Å². The Morgan fingerprint density at radius 1 is 0.956 bits per heavy atom. The van der Waals surface area contributed by atoms with Crippen LogP contribution in [-0.4, -0.2) is 68.1 Å². The van der Waals surface area contributed by atoms with E-state index in [9.17, 15) is 9.59 Å². The van der Waals surface area contributed by atoms with Gasteiger partial charge in [-0.05, 0) is 68.5 Å². The molecule has 2 aliphatic rings. The van der Waals surface area contributed by atoms with Gasteiger partial charge in [-0.3, -0.25) is 4.79 Å². The summed E-state index contributed by atoms with van der Waals surface area (Å²) in [5, 5.41) is 7.26. The lowest BCUT2D eigenvalue weighted by atomic mass is 10.0. The molecular weight excluding hydrogens is 568 g/mol. The second-order valence-electron chi connectivity index (χ2n) is 12.3. The minimum absolute atomic E-state index is 0.0883. The predicted molar refractivity (Wildman–Crippen MR) is 172 cm³/mol. The number of rotatable bonds is 7. The lowest BCUT2D eigenvalue weighted by Crippen LogP contribution is -2.51. The number of aromatic nitrogens is 5. The first-order chi connectivity index (χ1) is 21.9. The van der Waals surface area contributed by atoms with Crippen molar-refractivity contribution < 1.29 is 14.3 Å². The number of hydrogen-bond acceptors (Lipinski definition) is 7. The smallest absolute Gasteiger partial charge is 0.407 e. The summed E-state index contributed by atoms with van der Waals surface area (Å²) >= 11 is 0. The number of carbonyl (C=O) groups is 2. The molecule has 5 heterocycles. The molecule has 0 spiro atoms. The van der Waals surface area contributed by atoms with Crippen LogP contribution in [0.5, 0.6) is 0 Å². The van der Waals surface area contributed by atoms with E-state index in [1.807, 2.05) is 43.1 Å². The van der Waals surface area contributed by atoms with Crippen LogP contribution in [-0.2, 0) is 9.53 Å². The number of nitrogens with zero attached hydrogens (tertiary/aromatic N) is 4. The zero-order valence-corrected chi connectivity index (χ0v) is 25.8. The first-order valence-corrected chi connectivity index (χ1v) is 15.7. The third kappa shape index (κ3) is 5.64. The van der Waals surface area contributed by atoms with Gasteiger partial charge in [0.15, 0.2) is 0 Å². The average Bonchev–Trinajstić information content (AvgIpc) is 3.88. The first kappa shape index (κ1) is 29.0. The van der Waals surface area contributed by atoms with E-state index in [0.29, 0.717) is 12.6 Å². The van der Waals surface area contributed by atoms with Gasteiger partial charge in [0.1, 0.15) is 17.7 Å². The summed E-state index contributed by atoms with van der Waals surface area (Å²) in [6.07, 6.45) is 5.25. The minimum Gasteiger partial charge on any atom is -0.453 e. The number of H-pyrrole nitrogens is 2. The van der Waals surface area contributed by atoms with Gasteiger partial charge in [-0.1, -0.05) is 32.0 Å². The van der Waals surface area contributed by atoms with Crippen LogP contribution in [0.25, 0.3) is 44.5 Å². The fourth-order valence-electron chi connectivity index (χ4n) is 6.57. The molecule has 0 bridgehead atoms. The van der Waals surface area contributed by atoms with Crippen molar-refractivity contribution in [2.45, 2.75) is 57.7 Å². The molecule has 2 fully saturated rings. The van der Waals surface area contributed by atoms with E-state index in [1.165, 1.54) is 13.5 Å². The number of alkyl carbamates (subject to hydrolysis) is 1. The van der Waals surface area contributed by atoms with Gasteiger partial charge < -0.3 is 30.2 Å². The van der Waals surface area contributed by atoms with E-state index in [1.54, 1.807) is 0 Å². The fraction of sp³-hybridized carbons (Fsp3) is 0.382. The standard InChI is InChI=1S/C34H38N8O3/c1-19(2)30(41-34(44)45-3)33(43)42-15-5-7-29(42)32-38-25-13-10-22(17-27(25)39-32)24-11-8-20-16-21(9-12-23(20)37-24)28-18-36-31(40-28)26-6-4-14-35-26/h8-13,16-19,26,29-30,35H,4-7,14-15H2,1-3H3,(H,36,40)(H,38,39)(H,41,44)/t26-,29-,30-/m0/s1. The Morgan fingerprint density at radius 3 is 2.60 bits per heavy atom. The highest BCUT2D eigenvalue weighted by Crippen LogP contribution is 2.34. The Kier molecular flexibility index (Phi) is 7.70. The highest BCUT2D eigenvalue weighted by atomic mass is 16.5. The summed E-state index contributed by atoms with van der Waals surface area (Å²) in [5.41, 5.74) is 6.58. The summed E-state index contributed by atoms with van der Waals surface area (Å²) in [6, 6.07) is 16.0. The van der Waals surface area contributed by atoms with Crippen molar-refractivity contribution in [1.82, 2.24) is 40.5 Å². The van der Waals surface area contributed by atoms with Gasteiger partial charge >= 0.3 is 6.09 Å². The highest BCUT2D eigenvalue weighted by Gasteiger charge is 2.37. The first-order valence-electron chi connectivity index (χ1n) is 15.7. The number of ether oxygens (including phenoxy) is 1. The number of benzene rings is 2. The van der Waals surface area contributed by atoms with Crippen LogP contribution in [0.3, 0.4) is 0 Å². The van der Waals surface area contributed by atoms with Crippen molar-refractivity contribution in [3.8, 4) is 22.5 Å². The number of hydrogen-bond donors (Lipinski definition) is 4. The number of fused-ring (bicyclic) bond motifs is 2. The van der Waals surface area contributed by atoms with Gasteiger partial charge in [-0.25, -0.2) is 19.7 Å². The quantitative estimate of drug-likeness (QED) is 0.188. The summed E-state index contributed by atoms with van der Waals surface area (Å²) in [5.74, 6) is 1.53. The molecule has 4 N–H and O–H groups in total. The highest BCUT2D eigenvalue weighted by molar-refractivity contribution is 5.88. The normalized spacial score (nSPS) is 19.1. The summed E-state index contributed by atoms with van der Waals surface area (Å²) in [6.45, 7) is 5.47. The molecule has 3 atom stereocenters. The second kappa shape index (κ2) is 12.0. The fourth-order valence-corrected chi connectivity index (χ4v) is 6.57. The molecule has 11 heteroatoms. The topological polar surface area (TPSA) is 141 Å². The van der Waals surface area contributed by atoms with E-state index >= 15 is 0 Å². The number of likely N-dealkylation sites (tertiary alicyclic amines) is 1. The van der Waals surface area contributed by atoms with E-state index < -0.39 is 12.1 Å². The molecule has 11 nitrogen and oxygen atoms in total. The summed E-state index contributed by atoms with van der Waals surface area (Å²) in [4.78, 5) is 48.7. The van der Waals surface area contributed by atoms with Gasteiger partial charge in [0.25, 0.3) is 0 Å². The van der Waals surface area contributed by atoms with Crippen molar-refractivity contribution in [3.05, 3.63) is 66.4 Å². The predicted octanol–water partition coefficient (Wildman–Crippen LogP) is 5.64. The SMILES string of the molecule is COC(=O)N[C@H](C(=O)N1CCC[C@H]1c1nc2ccc(-c3ccc4cc(-c5cnc([C@@H]6CCCN6)[nH]5)ccc4n3)cc2[nH]1)C(C)C. The van der Waals surface area contributed by atoms with Gasteiger partial charge in [-0.2, -0.15) is 0 Å². The maximum absolute atomic E-state index is 13.5. The molecule has 0 aliphatic carbocycles. The van der Waals surface area contributed by atoms with Gasteiger partial charge in [0.2, 0.25) is 5.91 Å². The van der Waals surface area contributed by atoms with Crippen LogP contribution in [0.4, 0.5) is 4.79 Å². The van der Waals surface area contributed by atoms with E-state index in [4.69, 9.17) is 14.7 Å². The van der Waals surface area contributed by atoms with E-state index in [-0.39, 0.29) is 17.9 Å². The lowest BCUT2D eigenvalue weighted by Gasteiger charge is -2.29. The Labute approximate surface area is 261 Å². The number of aromatic amines is 2.